The van der Waals surface area contributed by atoms with Crippen LogP contribution >= 0.6 is 0 Å². The summed E-state index contributed by atoms with van der Waals surface area (Å²) >= 11 is 0. The number of halogens is 1. The molecule has 1 amide bonds. The first kappa shape index (κ1) is 13.7. The zero-order chi connectivity index (χ0) is 14.5. The largest absolute Gasteiger partial charge is 0.347 e. The number of nitrogens with zero attached hydrogens (tertiary/aromatic N) is 2. The number of carbonyl (C=O) groups is 1. The quantitative estimate of drug-likeness (QED) is 0.930. The molecule has 0 saturated heterocycles. The summed E-state index contributed by atoms with van der Waals surface area (Å²) in [5.74, 6) is -0.867. The molecule has 0 bridgehead atoms. The number of nitriles is 1. The first-order valence-electron chi connectivity index (χ1n) is 6.00. The molecule has 1 aromatic heterocycles. The van der Waals surface area contributed by atoms with Gasteiger partial charge in [-0.3, -0.25) is 9.78 Å². The third-order valence-corrected chi connectivity index (χ3v) is 2.85. The number of carbonyl (C=O) groups excluding carboxylic acids is 1. The Morgan fingerprint density at radius 3 is 2.90 bits per heavy atom. The van der Waals surface area contributed by atoms with E-state index in [2.05, 4.69) is 10.3 Å². The van der Waals surface area contributed by atoms with Gasteiger partial charge in [0.15, 0.2) is 0 Å². The van der Waals surface area contributed by atoms with Gasteiger partial charge in [0, 0.05) is 18.3 Å². The van der Waals surface area contributed by atoms with Crippen molar-refractivity contribution in [3.63, 3.8) is 0 Å². The van der Waals surface area contributed by atoms with Crippen molar-refractivity contribution in [1.29, 1.82) is 5.26 Å². The van der Waals surface area contributed by atoms with E-state index in [4.69, 9.17) is 5.26 Å². The molecule has 1 N–H and O–H groups in total. The van der Waals surface area contributed by atoms with Crippen LogP contribution in [0.3, 0.4) is 0 Å². The number of rotatable bonds is 3. The highest BCUT2D eigenvalue weighted by molar-refractivity contribution is 5.93. The summed E-state index contributed by atoms with van der Waals surface area (Å²) in [6, 6.07) is 9.52. The van der Waals surface area contributed by atoms with Crippen LogP contribution in [0.2, 0.25) is 0 Å². The molecule has 0 fully saturated rings. The lowest BCUT2D eigenvalue weighted by molar-refractivity contribution is 0.0945. The maximum absolute atomic E-state index is 13.7. The number of hydrogen-bond acceptors (Lipinski definition) is 3. The number of nitrogens with one attached hydrogen (secondary N) is 1. The van der Waals surface area contributed by atoms with Crippen LogP contribution in [0.15, 0.2) is 36.5 Å². The van der Waals surface area contributed by atoms with E-state index in [0.29, 0.717) is 11.3 Å². The van der Waals surface area contributed by atoms with Crippen LogP contribution in [-0.4, -0.2) is 10.9 Å². The number of pyridine rings is 1. The van der Waals surface area contributed by atoms with Gasteiger partial charge in [0.2, 0.25) is 0 Å². The van der Waals surface area contributed by atoms with E-state index in [1.807, 2.05) is 6.07 Å². The van der Waals surface area contributed by atoms with Gasteiger partial charge in [-0.05, 0) is 30.7 Å². The Labute approximate surface area is 115 Å². The van der Waals surface area contributed by atoms with Gasteiger partial charge in [0.05, 0.1) is 11.6 Å². The molecular weight excluding hydrogens is 257 g/mol. The predicted octanol–water partition coefficient (Wildman–Crippen LogP) is 2.33. The summed E-state index contributed by atoms with van der Waals surface area (Å²) in [7, 11) is 0. The van der Waals surface area contributed by atoms with Crippen LogP contribution in [0.5, 0.6) is 0 Å². The van der Waals surface area contributed by atoms with E-state index in [0.717, 1.165) is 11.6 Å². The summed E-state index contributed by atoms with van der Waals surface area (Å²) in [5, 5.41) is 11.3. The molecule has 20 heavy (non-hydrogen) atoms. The van der Waals surface area contributed by atoms with Crippen molar-refractivity contribution >= 4 is 5.91 Å². The van der Waals surface area contributed by atoms with Crippen molar-refractivity contribution < 1.29 is 9.18 Å². The lowest BCUT2D eigenvalue weighted by Crippen LogP contribution is -2.25. The Kier molecular flexibility index (Phi) is 4.06. The SMILES string of the molecule is Cc1cccnc1C(=O)NCc1ccc(C#N)cc1F. The van der Waals surface area contributed by atoms with E-state index in [9.17, 15) is 9.18 Å². The van der Waals surface area contributed by atoms with Crippen LogP contribution in [0.1, 0.15) is 27.2 Å². The highest BCUT2D eigenvalue weighted by Gasteiger charge is 2.11. The number of aryl methyl sites for hydroxylation is 1. The number of hydrogen-bond donors (Lipinski definition) is 1. The van der Waals surface area contributed by atoms with Gasteiger partial charge in [-0.1, -0.05) is 12.1 Å². The van der Waals surface area contributed by atoms with Crippen molar-refractivity contribution in [3.8, 4) is 6.07 Å². The smallest absolute Gasteiger partial charge is 0.270 e. The summed E-state index contributed by atoms with van der Waals surface area (Å²) < 4.78 is 13.7. The molecule has 0 aliphatic rings. The second-order valence-electron chi connectivity index (χ2n) is 4.27. The lowest BCUT2D eigenvalue weighted by atomic mass is 10.1. The first-order valence-corrected chi connectivity index (χ1v) is 6.00. The summed E-state index contributed by atoms with van der Waals surface area (Å²) in [6.45, 7) is 1.83. The minimum absolute atomic E-state index is 0.0480. The predicted molar refractivity (Wildman–Crippen MR) is 71.3 cm³/mol. The Balaban J connectivity index is 2.08. The highest BCUT2D eigenvalue weighted by Crippen LogP contribution is 2.10. The van der Waals surface area contributed by atoms with Crippen molar-refractivity contribution in [3.05, 3.63) is 64.7 Å². The van der Waals surface area contributed by atoms with E-state index in [1.54, 1.807) is 19.1 Å². The molecule has 5 heteroatoms. The first-order chi connectivity index (χ1) is 9.61. The van der Waals surface area contributed by atoms with Crippen LogP contribution < -0.4 is 5.32 Å². The molecule has 0 aliphatic carbocycles. The molecule has 0 spiro atoms. The van der Waals surface area contributed by atoms with Gasteiger partial charge in [-0.15, -0.1) is 0 Å². The minimum Gasteiger partial charge on any atom is -0.347 e. The van der Waals surface area contributed by atoms with Crippen molar-refractivity contribution in [2.24, 2.45) is 0 Å². The second kappa shape index (κ2) is 5.93. The Bertz CT molecular complexity index is 692. The van der Waals surface area contributed by atoms with Crippen LogP contribution in [0, 0.1) is 24.1 Å². The van der Waals surface area contributed by atoms with Crippen LogP contribution in [0.4, 0.5) is 4.39 Å². The molecule has 1 aromatic carbocycles. The second-order valence-corrected chi connectivity index (χ2v) is 4.27. The fraction of sp³-hybridized carbons (Fsp3) is 0.133. The Hall–Kier alpha value is -2.74. The standard InChI is InChI=1S/C15H12FN3O/c1-10-3-2-6-18-14(10)15(20)19-9-12-5-4-11(8-17)7-13(12)16/h2-7H,9H2,1H3,(H,19,20). The topological polar surface area (TPSA) is 65.8 Å². The minimum atomic E-state index is -0.512. The molecule has 1 heterocycles. The van der Waals surface area contributed by atoms with Gasteiger partial charge in [0.25, 0.3) is 5.91 Å². The molecule has 0 radical (unpaired) electrons. The number of amides is 1. The molecule has 2 rings (SSSR count). The average Bonchev–Trinajstić information content (AvgIpc) is 2.46. The molecule has 0 aliphatic heterocycles. The highest BCUT2D eigenvalue weighted by atomic mass is 19.1. The van der Waals surface area contributed by atoms with E-state index < -0.39 is 5.82 Å². The van der Waals surface area contributed by atoms with E-state index >= 15 is 0 Å². The van der Waals surface area contributed by atoms with Crippen LogP contribution in [-0.2, 0) is 6.54 Å². The lowest BCUT2D eigenvalue weighted by Gasteiger charge is -2.07. The zero-order valence-corrected chi connectivity index (χ0v) is 10.9. The Morgan fingerprint density at radius 1 is 1.45 bits per heavy atom. The molecule has 100 valence electrons. The fourth-order valence-electron chi connectivity index (χ4n) is 1.74. The number of aromatic nitrogens is 1. The van der Waals surface area contributed by atoms with Gasteiger partial charge in [-0.2, -0.15) is 5.26 Å². The van der Waals surface area contributed by atoms with Gasteiger partial charge in [0.1, 0.15) is 11.5 Å². The maximum atomic E-state index is 13.7. The zero-order valence-electron chi connectivity index (χ0n) is 10.9. The Morgan fingerprint density at radius 2 is 2.25 bits per heavy atom. The van der Waals surface area contributed by atoms with Crippen molar-refractivity contribution in [2.75, 3.05) is 0 Å². The third-order valence-electron chi connectivity index (χ3n) is 2.85. The normalized spacial score (nSPS) is 9.85. The third kappa shape index (κ3) is 2.98. The van der Waals surface area contributed by atoms with Gasteiger partial charge < -0.3 is 5.32 Å². The van der Waals surface area contributed by atoms with Crippen molar-refractivity contribution in [1.82, 2.24) is 10.3 Å². The molecule has 0 unspecified atom stereocenters. The van der Waals surface area contributed by atoms with E-state index in [-0.39, 0.29) is 18.0 Å². The maximum Gasteiger partial charge on any atom is 0.270 e. The molecule has 2 aromatic rings. The molecular formula is C15H12FN3O. The molecule has 0 saturated carbocycles. The molecule has 0 atom stereocenters. The summed E-state index contributed by atoms with van der Waals surface area (Å²) in [4.78, 5) is 15.9. The average molecular weight is 269 g/mol. The summed E-state index contributed by atoms with van der Waals surface area (Å²) in [6.07, 6.45) is 1.53. The fourth-order valence-corrected chi connectivity index (χ4v) is 1.74. The summed E-state index contributed by atoms with van der Waals surface area (Å²) in [5.41, 5.74) is 1.65. The molecule has 4 nitrogen and oxygen atoms in total. The van der Waals surface area contributed by atoms with Crippen molar-refractivity contribution in [2.45, 2.75) is 13.5 Å². The van der Waals surface area contributed by atoms with Gasteiger partial charge in [-0.25, -0.2) is 4.39 Å². The number of benzene rings is 1. The monoisotopic (exact) mass is 269 g/mol. The van der Waals surface area contributed by atoms with Gasteiger partial charge >= 0.3 is 0 Å². The van der Waals surface area contributed by atoms with Crippen LogP contribution in [0.25, 0.3) is 0 Å². The van der Waals surface area contributed by atoms with E-state index in [1.165, 1.54) is 18.3 Å².